The van der Waals surface area contributed by atoms with Gasteiger partial charge in [-0.25, -0.2) is 4.79 Å². The van der Waals surface area contributed by atoms with E-state index in [-0.39, 0.29) is 0 Å². The lowest BCUT2D eigenvalue weighted by Crippen LogP contribution is -2.01. The molecule has 1 aromatic rings. The summed E-state index contributed by atoms with van der Waals surface area (Å²) in [5.74, 6) is 0.0681. The minimum absolute atomic E-state index is 0.343. The van der Waals surface area contributed by atoms with E-state index in [0.717, 1.165) is 6.08 Å². The molecule has 0 spiro atoms. The fraction of sp³-hybridized carbons (Fsp3) is 0.214. The van der Waals surface area contributed by atoms with Crippen LogP contribution in [0.25, 0.3) is 6.08 Å². The van der Waals surface area contributed by atoms with Gasteiger partial charge in [-0.05, 0) is 56.5 Å². The lowest BCUT2D eigenvalue weighted by Gasteiger charge is -2.15. The number of carboxylic acids is 1. The van der Waals surface area contributed by atoms with Gasteiger partial charge in [0.15, 0.2) is 11.5 Å². The van der Waals surface area contributed by atoms with Crippen molar-refractivity contribution in [1.82, 2.24) is 0 Å². The van der Waals surface area contributed by atoms with Crippen LogP contribution in [-0.4, -0.2) is 24.3 Å². The largest absolute Gasteiger partial charge is 0.490 e. The third-order valence-electron chi connectivity index (χ3n) is 2.21. The van der Waals surface area contributed by atoms with Gasteiger partial charge in [0.1, 0.15) is 6.61 Å². The predicted octanol–water partition coefficient (Wildman–Crippen LogP) is 4.27. The number of carbonyl (C=O) groups is 1. The number of halogens is 2. The van der Waals surface area contributed by atoms with Crippen molar-refractivity contribution in [3.63, 3.8) is 0 Å². The molecule has 0 radical (unpaired) electrons. The van der Waals surface area contributed by atoms with Crippen molar-refractivity contribution in [3.05, 3.63) is 39.3 Å². The molecular weight excluding hydrogens is 392 g/mol. The van der Waals surface area contributed by atoms with Gasteiger partial charge in [-0.15, -0.1) is 0 Å². The first kappa shape index (κ1) is 16.8. The Balaban J connectivity index is 3.29. The highest BCUT2D eigenvalue weighted by molar-refractivity contribution is 9.13. The highest BCUT2D eigenvalue weighted by Crippen LogP contribution is 2.43. The number of hydrogen-bond acceptors (Lipinski definition) is 3. The molecule has 0 aliphatic carbocycles. The minimum Gasteiger partial charge on any atom is -0.490 e. The molecule has 4 nitrogen and oxygen atoms in total. The quantitative estimate of drug-likeness (QED) is 0.543. The molecule has 1 N–H and O–H groups in total. The van der Waals surface area contributed by atoms with Crippen LogP contribution in [0.15, 0.2) is 33.7 Å². The van der Waals surface area contributed by atoms with Crippen LogP contribution in [0.4, 0.5) is 0 Å². The summed E-state index contributed by atoms with van der Waals surface area (Å²) in [5.41, 5.74) is 0.675. The first-order valence-electron chi connectivity index (χ1n) is 5.80. The van der Waals surface area contributed by atoms with E-state index in [1.165, 1.54) is 6.08 Å². The zero-order valence-electron chi connectivity index (χ0n) is 10.9. The molecule has 0 atom stereocenters. The molecule has 0 saturated carbocycles. The molecule has 108 valence electrons. The normalized spacial score (nSPS) is 10.6. The van der Waals surface area contributed by atoms with Gasteiger partial charge in [-0.2, -0.15) is 0 Å². The van der Waals surface area contributed by atoms with Crippen LogP contribution in [0.2, 0.25) is 0 Å². The molecule has 0 aliphatic rings. The third kappa shape index (κ3) is 4.38. The van der Waals surface area contributed by atoms with Crippen molar-refractivity contribution < 1.29 is 19.4 Å². The van der Waals surface area contributed by atoms with Gasteiger partial charge in [-0.3, -0.25) is 0 Å². The molecule has 0 fully saturated rings. The Morgan fingerprint density at radius 3 is 2.65 bits per heavy atom. The molecule has 6 heteroatoms. The predicted molar refractivity (Wildman–Crippen MR) is 85.4 cm³/mol. The van der Waals surface area contributed by atoms with Crippen molar-refractivity contribution in [2.45, 2.75) is 6.92 Å². The Labute approximate surface area is 134 Å². The van der Waals surface area contributed by atoms with E-state index in [1.54, 1.807) is 12.1 Å². The maximum absolute atomic E-state index is 10.6. The summed E-state index contributed by atoms with van der Waals surface area (Å²) in [4.78, 5) is 10.6. The van der Waals surface area contributed by atoms with Crippen LogP contribution in [0.5, 0.6) is 11.5 Å². The topological polar surface area (TPSA) is 55.8 Å². The molecule has 0 aliphatic heterocycles. The van der Waals surface area contributed by atoms with Crippen molar-refractivity contribution >= 4 is 43.9 Å². The maximum atomic E-state index is 10.6. The van der Waals surface area contributed by atoms with Crippen LogP contribution < -0.4 is 9.47 Å². The second-order valence-corrected chi connectivity index (χ2v) is 5.21. The zero-order chi connectivity index (χ0) is 15.1. The summed E-state index contributed by atoms with van der Waals surface area (Å²) >= 11 is 6.83. The Morgan fingerprint density at radius 1 is 1.40 bits per heavy atom. The number of carboxylic acid groups (broad SMARTS) is 1. The van der Waals surface area contributed by atoms with E-state index in [9.17, 15) is 4.79 Å². The molecule has 20 heavy (non-hydrogen) atoms. The van der Waals surface area contributed by atoms with Crippen LogP contribution in [-0.2, 0) is 4.79 Å². The summed E-state index contributed by atoms with van der Waals surface area (Å²) in [6.07, 6.45) is 4.18. The van der Waals surface area contributed by atoms with Crippen molar-refractivity contribution in [2.24, 2.45) is 0 Å². The molecular formula is C14H14Br2O4. The van der Waals surface area contributed by atoms with Crippen molar-refractivity contribution in [3.8, 4) is 11.5 Å². The SMILES string of the molecule is C=CCOc1c(OCC)cc(/C=C/C(=O)O)c(Br)c1Br. The van der Waals surface area contributed by atoms with Crippen molar-refractivity contribution in [1.29, 1.82) is 0 Å². The summed E-state index contributed by atoms with van der Waals surface area (Å²) < 4.78 is 12.5. The Kier molecular flexibility index (Phi) is 6.81. The second-order valence-electron chi connectivity index (χ2n) is 3.63. The molecule has 0 amide bonds. The average molecular weight is 406 g/mol. The summed E-state index contributed by atoms with van der Waals surface area (Å²) in [5, 5.41) is 8.70. The zero-order valence-corrected chi connectivity index (χ0v) is 14.0. The highest BCUT2D eigenvalue weighted by Gasteiger charge is 2.16. The summed E-state index contributed by atoms with van der Waals surface area (Å²) in [7, 11) is 0. The number of ether oxygens (including phenoxy) is 2. The fourth-order valence-corrected chi connectivity index (χ4v) is 2.39. The first-order chi connectivity index (χ1) is 9.51. The van der Waals surface area contributed by atoms with E-state index in [2.05, 4.69) is 38.4 Å². The number of benzene rings is 1. The summed E-state index contributed by atoms with van der Waals surface area (Å²) in [6, 6.07) is 1.72. The van der Waals surface area contributed by atoms with Crippen LogP contribution in [0, 0.1) is 0 Å². The Hall–Kier alpha value is -1.27. The lowest BCUT2D eigenvalue weighted by molar-refractivity contribution is -0.131. The van der Waals surface area contributed by atoms with Crippen LogP contribution in [0.1, 0.15) is 12.5 Å². The molecule has 0 saturated heterocycles. The Bertz CT molecular complexity index is 538. The minimum atomic E-state index is -1.02. The maximum Gasteiger partial charge on any atom is 0.328 e. The van der Waals surface area contributed by atoms with Gasteiger partial charge < -0.3 is 14.6 Å². The summed E-state index contributed by atoms with van der Waals surface area (Å²) in [6.45, 7) is 6.28. The standard InChI is InChI=1S/C14H14Br2O4/c1-3-7-20-14-10(19-4-2)8-9(5-6-11(17)18)12(15)13(14)16/h3,5-6,8H,1,4,7H2,2H3,(H,17,18)/b6-5+. The highest BCUT2D eigenvalue weighted by atomic mass is 79.9. The average Bonchev–Trinajstić information content (AvgIpc) is 2.41. The van der Waals surface area contributed by atoms with E-state index in [4.69, 9.17) is 14.6 Å². The number of aliphatic carboxylic acids is 1. The Morgan fingerprint density at radius 2 is 2.10 bits per heavy atom. The van der Waals surface area contributed by atoms with Crippen LogP contribution in [0.3, 0.4) is 0 Å². The molecule has 0 unspecified atom stereocenters. The van der Waals surface area contributed by atoms with E-state index in [0.29, 0.717) is 39.2 Å². The van der Waals surface area contributed by atoms with Crippen molar-refractivity contribution in [2.75, 3.05) is 13.2 Å². The third-order valence-corrected chi connectivity index (χ3v) is 4.35. The second kappa shape index (κ2) is 8.11. The molecule has 0 bridgehead atoms. The van der Waals surface area contributed by atoms with Gasteiger partial charge in [-0.1, -0.05) is 12.7 Å². The smallest absolute Gasteiger partial charge is 0.328 e. The van der Waals surface area contributed by atoms with Crippen LogP contribution >= 0.6 is 31.9 Å². The van der Waals surface area contributed by atoms with Gasteiger partial charge in [0.25, 0.3) is 0 Å². The molecule has 0 heterocycles. The van der Waals surface area contributed by atoms with E-state index in [1.807, 2.05) is 6.92 Å². The first-order valence-corrected chi connectivity index (χ1v) is 7.39. The lowest BCUT2D eigenvalue weighted by atomic mass is 10.2. The number of hydrogen-bond donors (Lipinski definition) is 1. The van der Waals surface area contributed by atoms with Gasteiger partial charge >= 0.3 is 5.97 Å². The molecule has 0 aromatic heterocycles. The van der Waals surface area contributed by atoms with E-state index >= 15 is 0 Å². The van der Waals surface area contributed by atoms with Gasteiger partial charge in [0.05, 0.1) is 11.1 Å². The van der Waals surface area contributed by atoms with E-state index < -0.39 is 5.97 Å². The number of rotatable bonds is 7. The monoisotopic (exact) mass is 404 g/mol. The van der Waals surface area contributed by atoms with Gasteiger partial charge in [0, 0.05) is 10.5 Å². The fourth-order valence-electron chi connectivity index (χ4n) is 1.43. The molecule has 1 aromatic carbocycles. The van der Waals surface area contributed by atoms with Gasteiger partial charge in [0.2, 0.25) is 0 Å². The molecule has 1 rings (SSSR count).